The van der Waals surface area contributed by atoms with Crippen LogP contribution in [-0.4, -0.2) is 34.2 Å². The maximum absolute atomic E-state index is 13.4. The quantitative estimate of drug-likeness (QED) is 0.263. The normalized spacial score (nSPS) is 10.7. The molecule has 1 amide bonds. The van der Waals surface area contributed by atoms with Gasteiger partial charge in [0.25, 0.3) is 5.91 Å². The Kier molecular flexibility index (Phi) is 7.73. The van der Waals surface area contributed by atoms with Crippen molar-refractivity contribution < 1.29 is 14.3 Å². The largest absolute Gasteiger partial charge is 0.493 e. The van der Waals surface area contributed by atoms with Crippen LogP contribution in [-0.2, 0) is 6.54 Å². The van der Waals surface area contributed by atoms with Crippen molar-refractivity contribution in [2.24, 2.45) is 0 Å². The second-order valence-electron chi connectivity index (χ2n) is 8.10. The number of rotatable bonds is 9. The third-order valence-corrected chi connectivity index (χ3v) is 5.89. The van der Waals surface area contributed by atoms with Crippen LogP contribution in [0.5, 0.6) is 17.4 Å². The summed E-state index contributed by atoms with van der Waals surface area (Å²) in [6, 6.07) is 24.2. The van der Waals surface area contributed by atoms with Gasteiger partial charge in [-0.25, -0.2) is 4.68 Å². The molecule has 3 aromatic carbocycles. The van der Waals surface area contributed by atoms with E-state index >= 15 is 0 Å². The van der Waals surface area contributed by atoms with E-state index in [4.69, 9.17) is 26.2 Å². The fraction of sp³-hybridized carbons (Fsp3) is 0.214. The van der Waals surface area contributed by atoms with Gasteiger partial charge < -0.3 is 14.4 Å². The molecule has 0 spiro atoms. The minimum absolute atomic E-state index is 0.0707. The summed E-state index contributed by atoms with van der Waals surface area (Å²) in [5.41, 5.74) is 3.06. The van der Waals surface area contributed by atoms with Crippen molar-refractivity contribution >= 4 is 17.5 Å². The zero-order valence-corrected chi connectivity index (χ0v) is 20.8. The fourth-order valence-corrected chi connectivity index (χ4v) is 3.99. The van der Waals surface area contributed by atoms with Gasteiger partial charge in [0.1, 0.15) is 0 Å². The van der Waals surface area contributed by atoms with Gasteiger partial charge in [0.2, 0.25) is 5.88 Å². The number of ether oxygens (including phenoxy) is 2. The SMILES string of the molecule is CCCN(Cc1c(C)nn(-c2ccccc2)c1Oc1ccccc1OC)C(=O)c1ccc(Cl)cc1. The molecule has 0 aliphatic heterocycles. The molecular formula is C28H28ClN3O3. The molecule has 0 unspecified atom stereocenters. The van der Waals surface area contributed by atoms with E-state index < -0.39 is 0 Å². The third kappa shape index (κ3) is 5.49. The first-order chi connectivity index (χ1) is 17.0. The van der Waals surface area contributed by atoms with Gasteiger partial charge in [-0.05, 0) is 61.9 Å². The van der Waals surface area contributed by atoms with E-state index in [1.807, 2.05) is 66.4 Å². The van der Waals surface area contributed by atoms with Crippen LogP contribution in [0, 0.1) is 6.92 Å². The van der Waals surface area contributed by atoms with Gasteiger partial charge in [0.15, 0.2) is 11.5 Å². The monoisotopic (exact) mass is 489 g/mol. The Labute approximate surface area is 210 Å². The number of benzene rings is 3. The molecule has 0 fully saturated rings. The van der Waals surface area contributed by atoms with Crippen molar-refractivity contribution in [1.82, 2.24) is 14.7 Å². The molecule has 0 bridgehead atoms. The lowest BCUT2D eigenvalue weighted by Crippen LogP contribution is -2.31. The van der Waals surface area contributed by atoms with E-state index in [0.717, 1.165) is 23.4 Å². The highest BCUT2D eigenvalue weighted by Crippen LogP contribution is 2.36. The maximum atomic E-state index is 13.4. The summed E-state index contributed by atoms with van der Waals surface area (Å²) < 4.78 is 13.7. The van der Waals surface area contributed by atoms with Crippen molar-refractivity contribution in [3.05, 3.63) is 101 Å². The number of hydrogen-bond donors (Lipinski definition) is 0. The first-order valence-corrected chi connectivity index (χ1v) is 11.9. The van der Waals surface area contributed by atoms with Gasteiger partial charge in [-0.1, -0.05) is 48.9 Å². The molecule has 4 rings (SSSR count). The third-order valence-electron chi connectivity index (χ3n) is 5.63. The molecule has 0 aliphatic carbocycles. The predicted octanol–water partition coefficient (Wildman–Crippen LogP) is 6.69. The Hall–Kier alpha value is -3.77. The van der Waals surface area contributed by atoms with E-state index in [1.165, 1.54) is 0 Å². The van der Waals surface area contributed by atoms with Crippen molar-refractivity contribution in [1.29, 1.82) is 0 Å². The first kappa shape index (κ1) is 24.4. The number of halogens is 1. The van der Waals surface area contributed by atoms with E-state index in [-0.39, 0.29) is 5.91 Å². The average molecular weight is 490 g/mol. The number of carbonyl (C=O) groups is 1. The number of hydrogen-bond acceptors (Lipinski definition) is 4. The molecule has 0 saturated heterocycles. The van der Waals surface area contributed by atoms with Crippen molar-refractivity contribution in [2.75, 3.05) is 13.7 Å². The molecule has 0 aliphatic rings. The van der Waals surface area contributed by atoms with Gasteiger partial charge in [-0.15, -0.1) is 0 Å². The Morgan fingerprint density at radius 1 is 0.971 bits per heavy atom. The molecule has 0 saturated carbocycles. The van der Waals surface area contributed by atoms with Gasteiger partial charge >= 0.3 is 0 Å². The smallest absolute Gasteiger partial charge is 0.254 e. The number of carbonyl (C=O) groups excluding carboxylic acids is 1. The Bertz CT molecular complexity index is 1290. The topological polar surface area (TPSA) is 56.6 Å². The van der Waals surface area contributed by atoms with Gasteiger partial charge in [0.05, 0.1) is 30.6 Å². The fourth-order valence-electron chi connectivity index (χ4n) is 3.86. The zero-order chi connectivity index (χ0) is 24.8. The first-order valence-electron chi connectivity index (χ1n) is 11.5. The molecule has 4 aromatic rings. The van der Waals surface area contributed by atoms with Crippen LogP contribution < -0.4 is 9.47 Å². The lowest BCUT2D eigenvalue weighted by molar-refractivity contribution is 0.0742. The Morgan fingerprint density at radius 2 is 1.63 bits per heavy atom. The van der Waals surface area contributed by atoms with Crippen molar-refractivity contribution in [3.63, 3.8) is 0 Å². The number of aromatic nitrogens is 2. The van der Waals surface area contributed by atoms with Crippen LogP contribution in [0.2, 0.25) is 5.02 Å². The highest BCUT2D eigenvalue weighted by molar-refractivity contribution is 6.30. The van der Waals surface area contributed by atoms with Crippen LogP contribution in [0.15, 0.2) is 78.9 Å². The van der Waals surface area contributed by atoms with E-state index in [2.05, 4.69) is 6.92 Å². The van der Waals surface area contributed by atoms with Crippen LogP contribution in [0.1, 0.15) is 35.0 Å². The number of nitrogens with zero attached hydrogens (tertiary/aromatic N) is 3. The average Bonchev–Trinajstić information content (AvgIpc) is 3.19. The molecule has 6 nitrogen and oxygen atoms in total. The Balaban J connectivity index is 1.77. The summed E-state index contributed by atoms with van der Waals surface area (Å²) in [6.45, 7) is 4.92. The summed E-state index contributed by atoms with van der Waals surface area (Å²) in [5.74, 6) is 1.65. The van der Waals surface area contributed by atoms with Gasteiger partial charge in [-0.2, -0.15) is 5.10 Å². The number of para-hydroxylation sites is 3. The summed E-state index contributed by atoms with van der Waals surface area (Å²) in [6.07, 6.45) is 0.813. The molecule has 7 heteroatoms. The minimum atomic E-state index is -0.0707. The van der Waals surface area contributed by atoms with Gasteiger partial charge in [0, 0.05) is 17.1 Å². The summed E-state index contributed by atoms with van der Waals surface area (Å²) in [4.78, 5) is 15.2. The lowest BCUT2D eigenvalue weighted by atomic mass is 10.1. The molecule has 1 aromatic heterocycles. The van der Waals surface area contributed by atoms with Crippen LogP contribution in [0.3, 0.4) is 0 Å². The zero-order valence-electron chi connectivity index (χ0n) is 20.1. The van der Waals surface area contributed by atoms with Crippen LogP contribution >= 0.6 is 11.6 Å². The standard InChI is InChI=1S/C28H28ClN3O3/c1-4-18-31(27(33)21-14-16-22(29)17-15-21)19-24-20(2)30-32(23-10-6-5-7-11-23)28(24)35-26-13-9-8-12-25(26)34-3/h5-17H,4,18-19H2,1-3H3. The Morgan fingerprint density at radius 3 is 2.29 bits per heavy atom. The lowest BCUT2D eigenvalue weighted by Gasteiger charge is -2.23. The van der Waals surface area contributed by atoms with E-state index in [1.54, 1.807) is 36.1 Å². The summed E-state index contributed by atoms with van der Waals surface area (Å²) in [5, 5.41) is 5.38. The molecule has 0 radical (unpaired) electrons. The second-order valence-corrected chi connectivity index (χ2v) is 8.54. The summed E-state index contributed by atoms with van der Waals surface area (Å²) in [7, 11) is 1.61. The minimum Gasteiger partial charge on any atom is -0.493 e. The number of methoxy groups -OCH3 is 1. The molecule has 35 heavy (non-hydrogen) atoms. The van der Waals surface area contributed by atoms with E-state index in [0.29, 0.717) is 41.1 Å². The van der Waals surface area contributed by atoms with Crippen molar-refractivity contribution in [3.8, 4) is 23.1 Å². The second kappa shape index (κ2) is 11.1. The molecule has 1 heterocycles. The molecule has 0 N–H and O–H groups in total. The predicted molar refractivity (Wildman–Crippen MR) is 138 cm³/mol. The van der Waals surface area contributed by atoms with Gasteiger partial charge in [-0.3, -0.25) is 4.79 Å². The molecular weight excluding hydrogens is 462 g/mol. The molecule has 180 valence electrons. The van der Waals surface area contributed by atoms with Crippen LogP contribution in [0.25, 0.3) is 5.69 Å². The summed E-state index contributed by atoms with van der Waals surface area (Å²) >= 11 is 6.03. The number of amides is 1. The van der Waals surface area contributed by atoms with Crippen molar-refractivity contribution in [2.45, 2.75) is 26.8 Å². The van der Waals surface area contributed by atoms with E-state index in [9.17, 15) is 4.79 Å². The molecule has 0 atom stereocenters. The number of aryl methyl sites for hydroxylation is 1. The highest BCUT2D eigenvalue weighted by atomic mass is 35.5. The maximum Gasteiger partial charge on any atom is 0.254 e. The highest BCUT2D eigenvalue weighted by Gasteiger charge is 2.24. The van der Waals surface area contributed by atoms with Crippen LogP contribution in [0.4, 0.5) is 0 Å².